The Hall–Kier alpha value is -2.73. The molecule has 2 aromatic rings. The second-order valence-electron chi connectivity index (χ2n) is 6.44. The van der Waals surface area contributed by atoms with Gasteiger partial charge in [-0.1, -0.05) is 0 Å². The van der Waals surface area contributed by atoms with E-state index in [1.54, 1.807) is 14.2 Å². The number of rotatable bonds is 8. The Balaban J connectivity index is 1.49. The van der Waals surface area contributed by atoms with Gasteiger partial charge < -0.3 is 19.5 Å². The Kier molecular flexibility index (Phi) is 6.54. The maximum Gasteiger partial charge on any atom is 0.241 e. The lowest BCUT2D eigenvalue weighted by molar-refractivity contribution is -0.120. The van der Waals surface area contributed by atoms with E-state index in [1.165, 1.54) is 0 Å². The smallest absolute Gasteiger partial charge is 0.241 e. The second kappa shape index (κ2) is 9.28. The number of carbonyl (C=O) groups excluding carboxylic acids is 1. The molecule has 0 spiro atoms. The minimum Gasteiger partial charge on any atom is -0.497 e. The molecule has 1 aliphatic rings. The van der Waals surface area contributed by atoms with Gasteiger partial charge in [-0.15, -0.1) is 0 Å². The molecular formula is C21H26N2O4. The second-order valence-corrected chi connectivity index (χ2v) is 6.44. The number of nitrogens with one attached hydrogen (secondary N) is 1. The summed E-state index contributed by atoms with van der Waals surface area (Å²) in [7, 11) is 3.26. The van der Waals surface area contributed by atoms with E-state index in [1.807, 2.05) is 48.5 Å². The number of anilines is 1. The molecule has 0 aromatic heterocycles. The monoisotopic (exact) mass is 370 g/mol. The topological polar surface area (TPSA) is 60.0 Å². The highest BCUT2D eigenvalue weighted by molar-refractivity contribution is 5.95. The first-order valence-electron chi connectivity index (χ1n) is 9.15. The van der Waals surface area contributed by atoms with E-state index in [9.17, 15) is 4.79 Å². The average Bonchev–Trinajstić information content (AvgIpc) is 3.18. The maximum absolute atomic E-state index is 12.6. The van der Waals surface area contributed by atoms with Crippen molar-refractivity contribution in [3.05, 3.63) is 48.5 Å². The zero-order valence-electron chi connectivity index (χ0n) is 15.8. The van der Waals surface area contributed by atoms with Crippen molar-refractivity contribution in [3.63, 3.8) is 0 Å². The Morgan fingerprint density at radius 2 is 1.59 bits per heavy atom. The van der Waals surface area contributed by atoms with Gasteiger partial charge in [-0.05, 0) is 67.9 Å². The number of methoxy groups -OCH3 is 2. The summed E-state index contributed by atoms with van der Waals surface area (Å²) < 4.78 is 16.1. The summed E-state index contributed by atoms with van der Waals surface area (Å²) in [5.74, 6) is 2.40. The van der Waals surface area contributed by atoms with Crippen LogP contribution in [0.1, 0.15) is 12.8 Å². The summed E-state index contributed by atoms with van der Waals surface area (Å²) in [6.45, 7) is 2.16. The molecule has 1 heterocycles. The summed E-state index contributed by atoms with van der Waals surface area (Å²) in [4.78, 5) is 14.8. The van der Waals surface area contributed by atoms with Crippen molar-refractivity contribution < 1.29 is 19.0 Å². The van der Waals surface area contributed by atoms with Crippen LogP contribution in [0.2, 0.25) is 0 Å². The van der Waals surface area contributed by atoms with Gasteiger partial charge in [0.25, 0.3) is 0 Å². The van der Waals surface area contributed by atoms with Crippen LogP contribution < -0.4 is 19.5 Å². The molecule has 0 unspecified atom stereocenters. The lowest BCUT2D eigenvalue weighted by Crippen LogP contribution is -2.41. The van der Waals surface area contributed by atoms with Crippen molar-refractivity contribution in [2.75, 3.05) is 39.2 Å². The lowest BCUT2D eigenvalue weighted by Gasteiger charge is -2.23. The maximum atomic E-state index is 12.6. The van der Waals surface area contributed by atoms with Crippen molar-refractivity contribution in [3.8, 4) is 17.2 Å². The first-order valence-corrected chi connectivity index (χ1v) is 9.15. The number of hydrogen-bond donors (Lipinski definition) is 1. The molecule has 0 radical (unpaired) electrons. The highest BCUT2D eigenvalue weighted by atomic mass is 16.5. The molecule has 3 rings (SSSR count). The van der Waals surface area contributed by atoms with Crippen LogP contribution in [0, 0.1) is 0 Å². The number of nitrogens with zero attached hydrogens (tertiary/aromatic N) is 1. The Labute approximate surface area is 160 Å². The van der Waals surface area contributed by atoms with E-state index in [4.69, 9.17) is 14.2 Å². The number of amides is 1. The Bertz CT molecular complexity index is 731. The fraction of sp³-hybridized carbons (Fsp3) is 0.381. The summed E-state index contributed by atoms with van der Waals surface area (Å²) in [5, 5.41) is 3.00. The normalized spacial score (nSPS) is 16.7. The largest absolute Gasteiger partial charge is 0.497 e. The van der Waals surface area contributed by atoms with Gasteiger partial charge in [-0.3, -0.25) is 9.69 Å². The Morgan fingerprint density at radius 1 is 1.00 bits per heavy atom. The third kappa shape index (κ3) is 5.14. The predicted octanol–water partition coefficient (Wildman–Crippen LogP) is 3.19. The van der Waals surface area contributed by atoms with Crippen molar-refractivity contribution in [1.82, 2.24) is 4.90 Å². The van der Waals surface area contributed by atoms with Gasteiger partial charge in [-0.2, -0.15) is 0 Å². The molecule has 1 aliphatic heterocycles. The van der Waals surface area contributed by atoms with Gasteiger partial charge >= 0.3 is 0 Å². The fourth-order valence-corrected chi connectivity index (χ4v) is 3.24. The highest BCUT2D eigenvalue weighted by Gasteiger charge is 2.30. The number of carbonyl (C=O) groups is 1. The van der Waals surface area contributed by atoms with Crippen molar-refractivity contribution >= 4 is 11.6 Å². The Morgan fingerprint density at radius 3 is 2.22 bits per heavy atom. The zero-order chi connectivity index (χ0) is 19.1. The van der Waals surface area contributed by atoms with E-state index < -0.39 is 0 Å². The third-order valence-corrected chi connectivity index (χ3v) is 4.73. The molecule has 1 fully saturated rings. The average molecular weight is 370 g/mol. The molecule has 2 aromatic carbocycles. The molecule has 27 heavy (non-hydrogen) atoms. The van der Waals surface area contributed by atoms with Crippen molar-refractivity contribution in [2.45, 2.75) is 18.9 Å². The lowest BCUT2D eigenvalue weighted by atomic mass is 10.2. The molecule has 6 heteroatoms. The molecule has 1 N–H and O–H groups in total. The van der Waals surface area contributed by atoms with Crippen LogP contribution in [0.4, 0.5) is 5.69 Å². The van der Waals surface area contributed by atoms with Crippen LogP contribution in [0.25, 0.3) is 0 Å². The standard InChI is InChI=1S/C21H26N2O4/c1-25-17-7-5-16(6-8-17)22-21(24)20-4-3-13-23(20)14-15-27-19-11-9-18(26-2)10-12-19/h5-12,20H,3-4,13-15H2,1-2H3,(H,22,24)/t20-/m0/s1. The summed E-state index contributed by atoms with van der Waals surface area (Å²) in [5.41, 5.74) is 0.780. The van der Waals surface area contributed by atoms with Crippen LogP contribution in [-0.4, -0.2) is 50.8 Å². The van der Waals surface area contributed by atoms with Crippen LogP contribution in [0.15, 0.2) is 48.5 Å². The minimum absolute atomic E-state index is 0.0297. The molecule has 1 saturated heterocycles. The van der Waals surface area contributed by atoms with Gasteiger partial charge in [0, 0.05) is 12.2 Å². The molecule has 0 aliphatic carbocycles. The number of ether oxygens (including phenoxy) is 3. The number of hydrogen-bond acceptors (Lipinski definition) is 5. The molecule has 144 valence electrons. The first-order chi connectivity index (χ1) is 13.2. The molecular weight excluding hydrogens is 344 g/mol. The summed E-state index contributed by atoms with van der Waals surface area (Å²) in [6, 6.07) is 14.8. The fourth-order valence-electron chi connectivity index (χ4n) is 3.24. The highest BCUT2D eigenvalue weighted by Crippen LogP contribution is 2.21. The van der Waals surface area contributed by atoms with Crippen LogP contribution >= 0.6 is 0 Å². The van der Waals surface area contributed by atoms with E-state index in [0.29, 0.717) is 13.2 Å². The van der Waals surface area contributed by atoms with Gasteiger partial charge in [0.1, 0.15) is 23.9 Å². The quantitative estimate of drug-likeness (QED) is 0.773. The van der Waals surface area contributed by atoms with E-state index >= 15 is 0 Å². The van der Waals surface area contributed by atoms with Crippen LogP contribution in [0.3, 0.4) is 0 Å². The molecule has 1 atom stereocenters. The van der Waals surface area contributed by atoms with E-state index in [0.717, 1.165) is 42.3 Å². The minimum atomic E-state index is -0.119. The predicted molar refractivity (Wildman–Crippen MR) is 105 cm³/mol. The first kappa shape index (κ1) is 19.0. The van der Waals surface area contributed by atoms with Crippen LogP contribution in [-0.2, 0) is 4.79 Å². The van der Waals surface area contributed by atoms with Crippen molar-refractivity contribution in [1.29, 1.82) is 0 Å². The molecule has 0 saturated carbocycles. The van der Waals surface area contributed by atoms with Crippen LogP contribution in [0.5, 0.6) is 17.2 Å². The van der Waals surface area contributed by atoms with Gasteiger partial charge in [0.2, 0.25) is 5.91 Å². The van der Waals surface area contributed by atoms with Crippen molar-refractivity contribution in [2.24, 2.45) is 0 Å². The zero-order valence-corrected chi connectivity index (χ0v) is 15.8. The molecule has 0 bridgehead atoms. The third-order valence-electron chi connectivity index (χ3n) is 4.73. The number of likely N-dealkylation sites (tertiary alicyclic amines) is 1. The SMILES string of the molecule is COc1ccc(NC(=O)[C@@H]2CCCN2CCOc2ccc(OC)cc2)cc1. The molecule has 6 nitrogen and oxygen atoms in total. The molecule has 1 amide bonds. The summed E-state index contributed by atoms with van der Waals surface area (Å²) in [6.07, 6.45) is 1.88. The van der Waals surface area contributed by atoms with Gasteiger partial charge in [-0.25, -0.2) is 0 Å². The number of benzene rings is 2. The van der Waals surface area contributed by atoms with E-state index in [-0.39, 0.29) is 11.9 Å². The van der Waals surface area contributed by atoms with Gasteiger partial charge in [0.15, 0.2) is 0 Å². The van der Waals surface area contributed by atoms with E-state index in [2.05, 4.69) is 10.2 Å². The van der Waals surface area contributed by atoms with Gasteiger partial charge in [0.05, 0.1) is 20.3 Å². The summed E-state index contributed by atoms with van der Waals surface area (Å²) >= 11 is 0.